The molecule has 166 valence electrons. The molecule has 4 N–H and O–H groups in total. The predicted octanol–water partition coefficient (Wildman–Crippen LogP) is 2.42. The molecule has 1 saturated carbocycles. The van der Waals surface area contributed by atoms with Gasteiger partial charge in [0, 0.05) is 37.2 Å². The number of hydrogen-bond acceptors (Lipinski definition) is 5. The number of piperidine rings is 1. The maximum atomic E-state index is 12.9. The summed E-state index contributed by atoms with van der Waals surface area (Å²) < 4.78 is 1.82. The second kappa shape index (κ2) is 8.14. The topological polar surface area (TPSA) is 118 Å². The number of rotatable bonds is 5. The molecule has 3 amide bonds. The number of aromatic nitrogens is 3. The van der Waals surface area contributed by atoms with E-state index < -0.39 is 6.03 Å². The average molecular weight is 434 g/mol. The van der Waals surface area contributed by atoms with Crippen LogP contribution in [0.25, 0.3) is 5.65 Å². The van der Waals surface area contributed by atoms with Crippen molar-refractivity contribution in [1.29, 1.82) is 0 Å². The van der Waals surface area contributed by atoms with Gasteiger partial charge in [-0.2, -0.15) is 9.61 Å². The third kappa shape index (κ3) is 4.10. The lowest BCUT2D eigenvalue weighted by Gasteiger charge is -2.33. The number of carbonyl (C=O) groups excluding carboxylic acids is 2. The van der Waals surface area contributed by atoms with Crippen molar-refractivity contribution in [3.8, 4) is 0 Å². The quantitative estimate of drug-likeness (QED) is 0.571. The molecule has 0 bridgehead atoms. The maximum Gasteiger partial charge on any atom is 0.312 e. The van der Waals surface area contributed by atoms with Gasteiger partial charge in [-0.3, -0.25) is 4.79 Å². The molecule has 2 aromatic heterocycles. The monoisotopic (exact) mass is 433 g/mol. The lowest BCUT2D eigenvalue weighted by molar-refractivity contribution is -0.117. The Morgan fingerprint density at radius 1 is 1.12 bits per heavy atom. The van der Waals surface area contributed by atoms with Crippen molar-refractivity contribution < 1.29 is 9.59 Å². The predicted molar refractivity (Wildman–Crippen MR) is 122 cm³/mol. The Labute approximate surface area is 186 Å². The highest BCUT2D eigenvalue weighted by atomic mass is 16.2. The first-order valence-electron chi connectivity index (χ1n) is 11.0. The fourth-order valence-corrected chi connectivity index (χ4v) is 4.59. The summed E-state index contributed by atoms with van der Waals surface area (Å²) in [5, 5.41) is 10.4. The highest BCUT2D eigenvalue weighted by molar-refractivity contribution is 5.95. The number of nitrogens with zero attached hydrogens (tertiary/aromatic N) is 4. The van der Waals surface area contributed by atoms with E-state index in [-0.39, 0.29) is 23.8 Å². The minimum atomic E-state index is -0.490. The third-order valence-electron chi connectivity index (χ3n) is 6.30. The molecule has 3 heterocycles. The zero-order chi connectivity index (χ0) is 22.2. The molecule has 9 heteroatoms. The van der Waals surface area contributed by atoms with Crippen LogP contribution in [0.5, 0.6) is 0 Å². The Morgan fingerprint density at radius 3 is 2.59 bits per heavy atom. The van der Waals surface area contributed by atoms with E-state index >= 15 is 0 Å². The molecule has 1 aliphatic heterocycles. The molecule has 2 unspecified atom stereocenters. The van der Waals surface area contributed by atoms with Crippen LogP contribution >= 0.6 is 0 Å². The van der Waals surface area contributed by atoms with Gasteiger partial charge in [0.1, 0.15) is 11.6 Å². The summed E-state index contributed by atoms with van der Waals surface area (Å²) in [7, 11) is 0. The smallest absolute Gasteiger partial charge is 0.312 e. The fraction of sp³-hybridized carbons (Fsp3) is 0.391. The number of urea groups is 1. The number of amides is 3. The number of primary amides is 1. The van der Waals surface area contributed by atoms with Gasteiger partial charge in [-0.05, 0) is 37.7 Å². The Hall–Kier alpha value is -3.62. The Balaban J connectivity index is 1.34. The van der Waals surface area contributed by atoms with E-state index in [2.05, 4.69) is 37.7 Å². The molecule has 1 aliphatic carbocycles. The molecule has 2 aliphatic rings. The van der Waals surface area contributed by atoms with E-state index in [1.54, 1.807) is 0 Å². The first-order valence-corrected chi connectivity index (χ1v) is 11.0. The first-order chi connectivity index (χ1) is 15.5. The van der Waals surface area contributed by atoms with Gasteiger partial charge >= 0.3 is 6.03 Å². The normalized spacial score (nSPS) is 20.8. The van der Waals surface area contributed by atoms with E-state index in [9.17, 15) is 9.59 Å². The molecule has 1 aromatic carbocycles. The van der Waals surface area contributed by atoms with Crippen molar-refractivity contribution in [1.82, 2.24) is 19.9 Å². The molecule has 3 aromatic rings. The number of benzene rings is 1. The van der Waals surface area contributed by atoms with Crippen LogP contribution in [0.2, 0.25) is 0 Å². The van der Waals surface area contributed by atoms with Crippen molar-refractivity contribution in [2.45, 2.75) is 38.1 Å². The minimum absolute atomic E-state index is 0.00209. The summed E-state index contributed by atoms with van der Waals surface area (Å²) >= 11 is 0. The van der Waals surface area contributed by atoms with Crippen molar-refractivity contribution >= 4 is 29.2 Å². The third-order valence-corrected chi connectivity index (χ3v) is 6.30. The summed E-state index contributed by atoms with van der Waals surface area (Å²) in [6.45, 7) is 3.42. The average Bonchev–Trinajstić information content (AvgIpc) is 3.49. The summed E-state index contributed by atoms with van der Waals surface area (Å²) in [4.78, 5) is 30.9. The Bertz CT molecular complexity index is 1150. The number of fused-ring (bicyclic) bond motifs is 1. The van der Waals surface area contributed by atoms with Crippen LogP contribution in [0.15, 0.2) is 42.5 Å². The number of hydrogen-bond donors (Lipinski definition) is 3. The summed E-state index contributed by atoms with van der Waals surface area (Å²) in [6.07, 6.45) is 2.43. The molecular formula is C23H27N7O2. The van der Waals surface area contributed by atoms with Gasteiger partial charge in [-0.1, -0.05) is 30.3 Å². The molecule has 0 spiro atoms. The van der Waals surface area contributed by atoms with Gasteiger partial charge in [-0.25, -0.2) is 9.78 Å². The molecule has 2 fully saturated rings. The number of anilines is 2. The zero-order valence-electron chi connectivity index (χ0n) is 18.0. The van der Waals surface area contributed by atoms with E-state index in [0.29, 0.717) is 11.5 Å². The summed E-state index contributed by atoms with van der Waals surface area (Å²) in [6, 6.07) is 13.5. The van der Waals surface area contributed by atoms with Gasteiger partial charge < -0.3 is 21.3 Å². The number of nitrogens with two attached hydrogens (primary N) is 1. The number of carbonyl (C=O) groups is 2. The molecule has 1 saturated heterocycles. The van der Waals surface area contributed by atoms with Crippen LogP contribution in [0, 0.1) is 12.8 Å². The summed E-state index contributed by atoms with van der Waals surface area (Å²) in [5.41, 5.74) is 8.02. The van der Waals surface area contributed by atoms with Crippen molar-refractivity contribution in [3.05, 3.63) is 53.7 Å². The SMILES string of the molecule is Cc1cc2nc(NC(=O)C3CC3c3ccccc3)cc(N3CCC(NC(N)=O)CC3)n2n1. The zero-order valence-corrected chi connectivity index (χ0v) is 18.0. The van der Waals surface area contributed by atoms with Crippen LogP contribution in [0.4, 0.5) is 16.4 Å². The van der Waals surface area contributed by atoms with E-state index in [1.165, 1.54) is 5.56 Å². The molecule has 9 nitrogen and oxygen atoms in total. The van der Waals surface area contributed by atoms with Crippen molar-refractivity contribution in [3.63, 3.8) is 0 Å². The van der Waals surface area contributed by atoms with Gasteiger partial charge in [0.2, 0.25) is 5.91 Å². The number of aryl methyl sites for hydroxylation is 1. The molecule has 5 rings (SSSR count). The molecular weight excluding hydrogens is 406 g/mol. The largest absolute Gasteiger partial charge is 0.356 e. The minimum Gasteiger partial charge on any atom is -0.356 e. The highest BCUT2D eigenvalue weighted by Gasteiger charge is 2.44. The lowest BCUT2D eigenvalue weighted by Crippen LogP contribution is -2.46. The van der Waals surface area contributed by atoms with Gasteiger partial charge in [0.15, 0.2) is 5.65 Å². The summed E-state index contributed by atoms with van der Waals surface area (Å²) in [5.74, 6) is 1.66. The standard InChI is InChI=1S/C23H27N7O2/c1-14-11-20-26-19(27-22(31)18-12-17(18)15-5-3-2-4-6-15)13-21(30(20)28-14)29-9-7-16(8-10-29)25-23(24)32/h2-6,11,13,16-18H,7-10,12H2,1H3,(H3,24,25,32)(H,26,27,31). The Morgan fingerprint density at radius 2 is 1.88 bits per heavy atom. The fourth-order valence-electron chi connectivity index (χ4n) is 4.59. The van der Waals surface area contributed by atoms with Crippen LogP contribution in [-0.2, 0) is 4.79 Å². The second-order valence-corrected chi connectivity index (χ2v) is 8.67. The van der Waals surface area contributed by atoms with Crippen LogP contribution in [-0.4, -0.2) is 45.7 Å². The van der Waals surface area contributed by atoms with Crippen molar-refractivity contribution in [2.24, 2.45) is 11.7 Å². The van der Waals surface area contributed by atoms with Crippen LogP contribution in [0.3, 0.4) is 0 Å². The highest BCUT2D eigenvalue weighted by Crippen LogP contribution is 2.47. The van der Waals surface area contributed by atoms with Crippen LogP contribution < -0.4 is 21.3 Å². The van der Waals surface area contributed by atoms with E-state index in [4.69, 9.17) is 5.73 Å². The first kappa shape index (κ1) is 20.3. The van der Waals surface area contributed by atoms with Crippen molar-refractivity contribution in [2.75, 3.05) is 23.3 Å². The Kier molecular flexibility index (Phi) is 5.16. The van der Waals surface area contributed by atoms with Gasteiger partial charge in [0.25, 0.3) is 0 Å². The van der Waals surface area contributed by atoms with Gasteiger partial charge in [-0.15, -0.1) is 0 Å². The lowest BCUT2D eigenvalue weighted by atomic mass is 10.1. The van der Waals surface area contributed by atoms with E-state index in [1.807, 2.05) is 41.8 Å². The van der Waals surface area contributed by atoms with Crippen LogP contribution in [0.1, 0.15) is 36.4 Å². The second-order valence-electron chi connectivity index (χ2n) is 8.67. The molecule has 32 heavy (non-hydrogen) atoms. The van der Waals surface area contributed by atoms with Gasteiger partial charge in [0.05, 0.1) is 5.69 Å². The maximum absolute atomic E-state index is 12.9. The van der Waals surface area contributed by atoms with E-state index in [0.717, 1.165) is 43.9 Å². The molecule has 2 atom stereocenters. The number of nitrogens with one attached hydrogen (secondary N) is 2. The molecule has 0 radical (unpaired) electrons.